The van der Waals surface area contributed by atoms with E-state index in [-0.39, 0.29) is 11.2 Å². The van der Waals surface area contributed by atoms with Crippen molar-refractivity contribution in [2.24, 2.45) is 5.73 Å². The lowest BCUT2D eigenvalue weighted by Crippen LogP contribution is -2.22. The Hall–Kier alpha value is -1.60. The molecule has 0 saturated heterocycles. The van der Waals surface area contributed by atoms with Gasteiger partial charge < -0.3 is 11.1 Å². The van der Waals surface area contributed by atoms with Crippen molar-refractivity contribution < 1.29 is 4.79 Å². The van der Waals surface area contributed by atoms with Gasteiger partial charge in [-0.1, -0.05) is 53.4 Å². The van der Waals surface area contributed by atoms with Crippen LogP contribution in [-0.4, -0.2) is 27.9 Å². The van der Waals surface area contributed by atoms with Crippen LogP contribution >= 0.6 is 23.1 Å². The Morgan fingerprint density at radius 1 is 1.40 bits per heavy atom. The Kier molecular flexibility index (Phi) is 5.37. The van der Waals surface area contributed by atoms with Gasteiger partial charge in [0.05, 0.1) is 5.25 Å². The van der Waals surface area contributed by atoms with Gasteiger partial charge in [-0.2, -0.15) is 0 Å². The van der Waals surface area contributed by atoms with Crippen LogP contribution in [0.3, 0.4) is 0 Å². The summed E-state index contributed by atoms with van der Waals surface area (Å²) in [7, 11) is 0. The van der Waals surface area contributed by atoms with E-state index < -0.39 is 0 Å². The average Bonchev–Trinajstić information content (AvgIpc) is 2.87. The Labute approximate surface area is 126 Å². The summed E-state index contributed by atoms with van der Waals surface area (Å²) in [6.45, 7) is 2.56. The zero-order valence-electron chi connectivity index (χ0n) is 11.1. The van der Waals surface area contributed by atoms with Crippen molar-refractivity contribution >= 4 is 34.1 Å². The standard InChI is InChI=1S/C13H16N4OS2/c1-9(11(14)18)19-13-17-16-12(20-13)15-8-7-10-5-3-2-4-6-10/h2-6,9H,7-8H2,1H3,(H2,14,18)(H,15,16)/t9-/m1/s1. The van der Waals surface area contributed by atoms with Gasteiger partial charge in [-0.3, -0.25) is 4.79 Å². The lowest BCUT2D eigenvalue weighted by atomic mass is 10.2. The molecule has 2 aromatic rings. The molecular weight excluding hydrogens is 292 g/mol. The Balaban J connectivity index is 1.79. The topological polar surface area (TPSA) is 80.9 Å². The fourth-order valence-electron chi connectivity index (χ4n) is 1.50. The number of carbonyl (C=O) groups excluding carboxylic acids is 1. The minimum absolute atomic E-state index is 0.292. The van der Waals surface area contributed by atoms with Crippen LogP contribution < -0.4 is 11.1 Å². The molecule has 0 unspecified atom stereocenters. The number of benzene rings is 1. The van der Waals surface area contributed by atoms with Crippen molar-refractivity contribution in [2.45, 2.75) is 22.9 Å². The normalized spacial score (nSPS) is 12.1. The van der Waals surface area contributed by atoms with Crippen molar-refractivity contribution in [1.29, 1.82) is 0 Å². The number of amides is 1. The molecule has 0 radical (unpaired) electrons. The molecule has 5 nitrogen and oxygen atoms in total. The van der Waals surface area contributed by atoms with E-state index in [0.717, 1.165) is 22.4 Å². The summed E-state index contributed by atoms with van der Waals surface area (Å²) in [6.07, 6.45) is 0.931. The summed E-state index contributed by atoms with van der Waals surface area (Å²) in [5, 5.41) is 11.8. The zero-order chi connectivity index (χ0) is 14.4. The van der Waals surface area contributed by atoms with Crippen LogP contribution in [0.25, 0.3) is 0 Å². The molecule has 7 heteroatoms. The Morgan fingerprint density at radius 3 is 2.85 bits per heavy atom. The van der Waals surface area contributed by atoms with Gasteiger partial charge in [0.1, 0.15) is 0 Å². The van der Waals surface area contributed by atoms with E-state index in [1.54, 1.807) is 6.92 Å². The first kappa shape index (κ1) is 14.8. The van der Waals surface area contributed by atoms with Crippen molar-refractivity contribution in [2.75, 3.05) is 11.9 Å². The molecule has 1 amide bonds. The van der Waals surface area contributed by atoms with E-state index >= 15 is 0 Å². The Morgan fingerprint density at radius 2 is 2.15 bits per heavy atom. The van der Waals surface area contributed by atoms with E-state index in [0.29, 0.717) is 0 Å². The fourth-order valence-corrected chi connectivity index (χ4v) is 3.37. The second-order valence-corrected chi connectivity index (χ2v) is 6.76. The van der Waals surface area contributed by atoms with Gasteiger partial charge in [0.25, 0.3) is 0 Å². The third-order valence-electron chi connectivity index (χ3n) is 2.62. The SMILES string of the molecule is C[C@@H](Sc1nnc(NCCc2ccccc2)s1)C(N)=O. The van der Waals surface area contributed by atoms with Crippen LogP contribution in [-0.2, 0) is 11.2 Å². The molecule has 2 rings (SSSR count). The monoisotopic (exact) mass is 308 g/mol. The quantitative estimate of drug-likeness (QED) is 0.766. The average molecular weight is 308 g/mol. The molecule has 1 aromatic heterocycles. The molecule has 1 atom stereocenters. The van der Waals surface area contributed by atoms with Gasteiger partial charge in [0.15, 0.2) is 4.34 Å². The molecule has 1 aromatic carbocycles. The fraction of sp³-hybridized carbons (Fsp3) is 0.308. The van der Waals surface area contributed by atoms with Crippen LogP contribution in [0.2, 0.25) is 0 Å². The van der Waals surface area contributed by atoms with Crippen LogP contribution in [0.1, 0.15) is 12.5 Å². The number of rotatable bonds is 7. The smallest absolute Gasteiger partial charge is 0.230 e. The maximum absolute atomic E-state index is 11.0. The van der Waals surface area contributed by atoms with Gasteiger partial charge in [0, 0.05) is 6.54 Å². The second kappa shape index (κ2) is 7.25. The number of aromatic nitrogens is 2. The molecule has 0 spiro atoms. The van der Waals surface area contributed by atoms with Gasteiger partial charge >= 0.3 is 0 Å². The first-order valence-electron chi connectivity index (χ1n) is 6.22. The number of carbonyl (C=O) groups is 1. The van der Waals surface area contributed by atoms with Crippen LogP contribution in [0.15, 0.2) is 34.7 Å². The first-order chi connectivity index (χ1) is 9.65. The number of thioether (sulfide) groups is 1. The maximum atomic E-state index is 11.0. The highest BCUT2D eigenvalue weighted by atomic mass is 32.2. The highest BCUT2D eigenvalue weighted by Crippen LogP contribution is 2.28. The van der Waals surface area contributed by atoms with Crippen molar-refractivity contribution in [3.05, 3.63) is 35.9 Å². The zero-order valence-corrected chi connectivity index (χ0v) is 12.7. The minimum atomic E-state index is -0.344. The molecule has 0 aliphatic heterocycles. The molecule has 0 saturated carbocycles. The molecule has 0 bridgehead atoms. The van der Waals surface area contributed by atoms with E-state index in [1.165, 1.54) is 28.7 Å². The van der Waals surface area contributed by atoms with E-state index in [9.17, 15) is 4.79 Å². The number of nitrogens with zero attached hydrogens (tertiary/aromatic N) is 2. The first-order valence-corrected chi connectivity index (χ1v) is 7.92. The number of hydrogen-bond acceptors (Lipinski definition) is 6. The minimum Gasteiger partial charge on any atom is -0.369 e. The van der Waals surface area contributed by atoms with Crippen LogP contribution in [0.5, 0.6) is 0 Å². The van der Waals surface area contributed by atoms with Crippen molar-refractivity contribution in [1.82, 2.24) is 10.2 Å². The largest absolute Gasteiger partial charge is 0.369 e. The molecule has 20 heavy (non-hydrogen) atoms. The van der Waals surface area contributed by atoms with E-state index in [4.69, 9.17) is 5.73 Å². The molecule has 3 N–H and O–H groups in total. The number of anilines is 1. The van der Waals surface area contributed by atoms with Crippen molar-refractivity contribution in [3.8, 4) is 0 Å². The summed E-state index contributed by atoms with van der Waals surface area (Å²) in [5.74, 6) is -0.344. The number of primary amides is 1. The summed E-state index contributed by atoms with van der Waals surface area (Å²) in [6, 6.07) is 10.3. The molecule has 106 valence electrons. The predicted octanol–water partition coefficient (Wildman–Crippen LogP) is 2.16. The van der Waals surface area contributed by atoms with Gasteiger partial charge in [0.2, 0.25) is 11.0 Å². The number of nitrogens with two attached hydrogens (primary N) is 1. The van der Waals surface area contributed by atoms with Gasteiger partial charge in [-0.05, 0) is 18.9 Å². The molecule has 0 aliphatic carbocycles. The summed E-state index contributed by atoms with van der Waals surface area (Å²) in [4.78, 5) is 11.0. The van der Waals surface area contributed by atoms with Crippen LogP contribution in [0.4, 0.5) is 5.13 Å². The summed E-state index contributed by atoms with van der Waals surface area (Å²) < 4.78 is 0.749. The van der Waals surface area contributed by atoms with Gasteiger partial charge in [-0.25, -0.2) is 0 Å². The molecule has 1 heterocycles. The number of nitrogens with one attached hydrogen (secondary N) is 1. The lowest BCUT2D eigenvalue weighted by molar-refractivity contribution is -0.117. The third-order valence-corrected chi connectivity index (χ3v) is 4.70. The highest BCUT2D eigenvalue weighted by Gasteiger charge is 2.13. The van der Waals surface area contributed by atoms with Crippen LogP contribution in [0, 0.1) is 0 Å². The lowest BCUT2D eigenvalue weighted by Gasteiger charge is -2.02. The van der Waals surface area contributed by atoms with E-state index in [2.05, 4.69) is 27.6 Å². The number of hydrogen-bond donors (Lipinski definition) is 2. The molecule has 0 fully saturated rings. The maximum Gasteiger partial charge on any atom is 0.230 e. The molecular formula is C13H16N4OS2. The molecule has 0 aliphatic rings. The summed E-state index contributed by atoms with van der Waals surface area (Å²) in [5.41, 5.74) is 6.50. The predicted molar refractivity (Wildman–Crippen MR) is 83.1 cm³/mol. The third kappa shape index (κ3) is 4.50. The van der Waals surface area contributed by atoms with Gasteiger partial charge in [-0.15, -0.1) is 10.2 Å². The summed E-state index contributed by atoms with van der Waals surface area (Å²) >= 11 is 2.77. The second-order valence-electron chi connectivity index (χ2n) is 4.20. The highest BCUT2D eigenvalue weighted by molar-refractivity contribution is 8.02. The van der Waals surface area contributed by atoms with Crippen molar-refractivity contribution in [3.63, 3.8) is 0 Å². The van der Waals surface area contributed by atoms with E-state index in [1.807, 2.05) is 18.2 Å². The Bertz CT molecular complexity index is 559.